The fourth-order valence-electron chi connectivity index (χ4n) is 4.15. The highest BCUT2D eigenvalue weighted by Gasteiger charge is 2.40. The second-order valence-electron chi connectivity index (χ2n) is 8.81. The van der Waals surface area contributed by atoms with Gasteiger partial charge in [0.25, 0.3) is 0 Å². The lowest BCUT2D eigenvalue weighted by molar-refractivity contribution is -0.136. The summed E-state index contributed by atoms with van der Waals surface area (Å²) < 4.78 is 0. The molecule has 1 fully saturated rings. The second-order valence-corrected chi connectivity index (χ2v) is 10.1. The van der Waals surface area contributed by atoms with Crippen LogP contribution in [0.3, 0.4) is 0 Å². The summed E-state index contributed by atoms with van der Waals surface area (Å²) in [7, 11) is 0. The van der Waals surface area contributed by atoms with Crippen LogP contribution in [-0.2, 0) is 11.4 Å². The molecule has 7 heteroatoms. The van der Waals surface area contributed by atoms with Gasteiger partial charge in [0, 0.05) is 23.5 Å². The minimum Gasteiger partial charge on any atom is -0.390 e. The molecule has 2 atom stereocenters. The van der Waals surface area contributed by atoms with E-state index in [1.165, 1.54) is 16.9 Å². The van der Waals surface area contributed by atoms with Gasteiger partial charge in [-0.05, 0) is 41.4 Å². The number of halogens is 1. The summed E-state index contributed by atoms with van der Waals surface area (Å²) in [6, 6.07) is 7.75. The number of nitrogens with zero attached hydrogens (tertiary/aromatic N) is 2. The number of benzene rings is 1. The van der Waals surface area contributed by atoms with Crippen molar-refractivity contribution < 1.29 is 9.90 Å². The molecule has 2 heterocycles. The van der Waals surface area contributed by atoms with Crippen LogP contribution in [0.1, 0.15) is 51.3 Å². The topological polar surface area (TPSA) is 65.5 Å². The summed E-state index contributed by atoms with van der Waals surface area (Å²) in [4.78, 5) is 19.7. The van der Waals surface area contributed by atoms with Crippen molar-refractivity contribution in [3.8, 4) is 0 Å². The third kappa shape index (κ3) is 5.11. The van der Waals surface area contributed by atoms with E-state index in [1.807, 2.05) is 36.3 Å². The number of hydrogen-bond donors (Lipinski definition) is 2. The predicted molar refractivity (Wildman–Crippen MR) is 119 cm³/mol. The standard InChI is InChI=1S/C22H30ClN3O2S/c1-14(2)19(25-21-24-17(11-27)12-29-21)20(28)26-10-9-18(22(3,4)13-26)15-5-7-16(23)8-6-15/h5-8,12,14,18-19,27H,9-11,13H2,1-4H3,(H,24,25). The third-order valence-electron chi connectivity index (χ3n) is 5.74. The average Bonchev–Trinajstić information content (AvgIpc) is 3.13. The summed E-state index contributed by atoms with van der Waals surface area (Å²) in [5, 5.41) is 15.8. The summed E-state index contributed by atoms with van der Waals surface area (Å²) in [6.07, 6.45) is 0.928. The molecule has 1 saturated heterocycles. The van der Waals surface area contributed by atoms with Gasteiger partial charge in [-0.2, -0.15) is 0 Å². The van der Waals surface area contributed by atoms with Crippen molar-refractivity contribution in [1.29, 1.82) is 0 Å². The molecule has 0 aliphatic carbocycles. The third-order valence-corrected chi connectivity index (χ3v) is 6.81. The Morgan fingerprint density at radius 3 is 2.62 bits per heavy atom. The van der Waals surface area contributed by atoms with E-state index in [-0.39, 0.29) is 29.9 Å². The highest BCUT2D eigenvalue weighted by atomic mass is 35.5. The number of carbonyl (C=O) groups is 1. The highest BCUT2D eigenvalue weighted by Crippen LogP contribution is 2.42. The number of aromatic nitrogens is 1. The molecule has 1 aliphatic heterocycles. The normalized spacial score (nSPS) is 20.0. The molecule has 2 N–H and O–H groups in total. The van der Waals surface area contributed by atoms with Crippen molar-refractivity contribution in [1.82, 2.24) is 9.88 Å². The SMILES string of the molecule is CC(C)C(Nc1nc(CO)cs1)C(=O)N1CCC(c2ccc(Cl)cc2)C(C)(C)C1. The van der Waals surface area contributed by atoms with Gasteiger partial charge >= 0.3 is 0 Å². The van der Waals surface area contributed by atoms with Crippen LogP contribution < -0.4 is 5.32 Å². The maximum absolute atomic E-state index is 13.4. The minimum atomic E-state index is -0.337. The number of anilines is 1. The molecule has 3 rings (SSSR count). The number of aliphatic hydroxyl groups is 1. The van der Waals surface area contributed by atoms with E-state index in [9.17, 15) is 9.90 Å². The molecule has 0 spiro atoms. The summed E-state index contributed by atoms with van der Waals surface area (Å²) >= 11 is 7.47. The van der Waals surface area contributed by atoms with Gasteiger partial charge in [0.05, 0.1) is 12.3 Å². The van der Waals surface area contributed by atoms with Crippen molar-refractivity contribution in [2.45, 2.75) is 52.7 Å². The number of rotatable bonds is 6. The Morgan fingerprint density at radius 2 is 2.07 bits per heavy atom. The van der Waals surface area contributed by atoms with Gasteiger partial charge in [-0.1, -0.05) is 51.4 Å². The average molecular weight is 436 g/mol. The van der Waals surface area contributed by atoms with E-state index in [2.05, 4.69) is 36.3 Å². The summed E-state index contributed by atoms with van der Waals surface area (Å²) in [5.74, 6) is 0.629. The number of piperidine rings is 1. The van der Waals surface area contributed by atoms with Gasteiger partial charge in [-0.3, -0.25) is 4.79 Å². The lowest BCUT2D eigenvalue weighted by Gasteiger charge is -2.45. The van der Waals surface area contributed by atoms with Crippen LogP contribution >= 0.6 is 22.9 Å². The Hall–Kier alpha value is -1.63. The largest absolute Gasteiger partial charge is 0.390 e. The maximum atomic E-state index is 13.4. The van der Waals surface area contributed by atoms with Crippen molar-refractivity contribution in [2.24, 2.45) is 11.3 Å². The van der Waals surface area contributed by atoms with Crippen LogP contribution in [0.2, 0.25) is 5.02 Å². The number of amides is 1. The van der Waals surface area contributed by atoms with Gasteiger partial charge in [0.1, 0.15) is 6.04 Å². The number of thiazole rings is 1. The zero-order chi connectivity index (χ0) is 21.2. The first-order valence-electron chi connectivity index (χ1n) is 10.1. The number of likely N-dealkylation sites (tertiary alicyclic amines) is 1. The first-order chi connectivity index (χ1) is 13.7. The van der Waals surface area contributed by atoms with Gasteiger partial charge < -0.3 is 15.3 Å². The summed E-state index contributed by atoms with van der Waals surface area (Å²) in [6.45, 7) is 9.91. The molecule has 5 nitrogen and oxygen atoms in total. The molecule has 2 aromatic rings. The first-order valence-corrected chi connectivity index (χ1v) is 11.3. The molecule has 1 amide bonds. The Bertz CT molecular complexity index is 835. The maximum Gasteiger partial charge on any atom is 0.245 e. The zero-order valence-corrected chi connectivity index (χ0v) is 19.1. The molecule has 1 aromatic heterocycles. The van der Waals surface area contributed by atoms with Crippen molar-refractivity contribution in [2.75, 3.05) is 18.4 Å². The van der Waals surface area contributed by atoms with Crippen molar-refractivity contribution >= 4 is 34.0 Å². The van der Waals surface area contributed by atoms with Gasteiger partial charge in [-0.25, -0.2) is 4.98 Å². The van der Waals surface area contributed by atoms with Crippen LogP contribution in [0.4, 0.5) is 5.13 Å². The monoisotopic (exact) mass is 435 g/mol. The van der Waals surface area contributed by atoms with E-state index < -0.39 is 0 Å². The fourth-order valence-corrected chi connectivity index (χ4v) is 5.01. The van der Waals surface area contributed by atoms with Crippen molar-refractivity contribution in [3.05, 3.63) is 45.9 Å². The molecular weight excluding hydrogens is 406 g/mol. The van der Waals surface area contributed by atoms with Gasteiger partial charge in [0.2, 0.25) is 5.91 Å². The molecule has 29 heavy (non-hydrogen) atoms. The van der Waals surface area contributed by atoms with Gasteiger partial charge in [-0.15, -0.1) is 11.3 Å². The molecule has 2 unspecified atom stereocenters. The number of aliphatic hydroxyl groups excluding tert-OH is 1. The lowest BCUT2D eigenvalue weighted by atomic mass is 9.70. The van der Waals surface area contributed by atoms with E-state index in [0.29, 0.717) is 23.3 Å². The predicted octanol–water partition coefficient (Wildman–Crippen LogP) is 4.77. The lowest BCUT2D eigenvalue weighted by Crippen LogP contribution is -2.53. The zero-order valence-electron chi connectivity index (χ0n) is 17.5. The molecule has 0 radical (unpaired) electrons. The second kappa shape index (κ2) is 9.02. The molecule has 0 saturated carbocycles. The molecule has 0 bridgehead atoms. The number of carbonyl (C=O) groups excluding carboxylic acids is 1. The Kier molecular flexibility index (Phi) is 6.87. The first kappa shape index (κ1) is 22.1. The minimum absolute atomic E-state index is 0.0332. The van der Waals surface area contributed by atoms with Crippen molar-refractivity contribution in [3.63, 3.8) is 0 Å². The fraction of sp³-hybridized carbons (Fsp3) is 0.545. The molecule has 158 valence electrons. The van der Waals surface area contributed by atoms with Crippen LogP contribution in [0, 0.1) is 11.3 Å². The number of hydrogen-bond acceptors (Lipinski definition) is 5. The Balaban J connectivity index is 1.72. The Labute approximate surface area is 182 Å². The van der Waals surface area contributed by atoms with Crippen LogP contribution in [0.15, 0.2) is 29.6 Å². The van der Waals surface area contributed by atoms with Crippen LogP contribution in [0.5, 0.6) is 0 Å². The molecule has 1 aromatic carbocycles. The van der Waals surface area contributed by atoms with E-state index in [1.54, 1.807) is 0 Å². The Morgan fingerprint density at radius 1 is 1.38 bits per heavy atom. The molecular formula is C22H30ClN3O2S. The van der Waals surface area contributed by atoms with Gasteiger partial charge in [0.15, 0.2) is 5.13 Å². The quantitative estimate of drug-likeness (QED) is 0.686. The van der Waals surface area contributed by atoms with E-state index in [4.69, 9.17) is 11.6 Å². The molecule has 1 aliphatic rings. The smallest absolute Gasteiger partial charge is 0.245 e. The summed E-state index contributed by atoms with van der Waals surface area (Å²) in [5.41, 5.74) is 1.87. The van der Waals surface area contributed by atoms with E-state index in [0.717, 1.165) is 18.0 Å². The number of nitrogens with one attached hydrogen (secondary N) is 1. The highest BCUT2D eigenvalue weighted by molar-refractivity contribution is 7.13. The van der Waals surface area contributed by atoms with Crippen LogP contribution in [-0.4, -0.2) is 40.0 Å². The van der Waals surface area contributed by atoms with Crippen LogP contribution in [0.25, 0.3) is 0 Å². The van der Waals surface area contributed by atoms with E-state index >= 15 is 0 Å².